The van der Waals surface area contributed by atoms with Gasteiger partial charge >= 0.3 is 0 Å². The molecule has 0 unspecified atom stereocenters. The number of hydrogen-bond donors (Lipinski definition) is 1. The van der Waals surface area contributed by atoms with Gasteiger partial charge in [-0.05, 0) is 24.5 Å². The van der Waals surface area contributed by atoms with Crippen LogP contribution in [-0.2, 0) is 0 Å². The van der Waals surface area contributed by atoms with Gasteiger partial charge in [0.05, 0.1) is 0 Å². The third kappa shape index (κ3) is 4.93. The Kier molecular flexibility index (Phi) is 5.86. The summed E-state index contributed by atoms with van der Waals surface area (Å²) in [7, 11) is 0. The zero-order chi connectivity index (χ0) is 14.4. The lowest BCUT2D eigenvalue weighted by atomic mass is 10.1. The van der Waals surface area contributed by atoms with Crippen LogP contribution in [-0.4, -0.2) is 12.5 Å². The molecule has 0 radical (unpaired) electrons. The summed E-state index contributed by atoms with van der Waals surface area (Å²) in [6.07, 6.45) is 2.84. The molecule has 0 saturated carbocycles. The fourth-order valence-electron chi connectivity index (χ4n) is 1.67. The van der Waals surface area contributed by atoms with Crippen molar-refractivity contribution >= 4 is 5.91 Å². The van der Waals surface area contributed by atoms with Crippen LogP contribution in [0.2, 0.25) is 0 Å². The molecule has 1 rings (SSSR count). The van der Waals surface area contributed by atoms with Crippen LogP contribution in [0.3, 0.4) is 0 Å². The van der Waals surface area contributed by atoms with E-state index in [4.69, 9.17) is 0 Å². The number of halogens is 3. The zero-order valence-corrected chi connectivity index (χ0v) is 11.1. The highest BCUT2D eigenvalue weighted by Gasteiger charge is 2.14. The van der Waals surface area contributed by atoms with E-state index >= 15 is 0 Å². The standard InChI is InChI=1S/C14H18F3NO/c1-9(2)5-3-4-6-18-14(19)10-7-11(15)13(17)12(16)8-10/h7-9H,3-6H2,1-2H3,(H,18,19). The molecule has 0 spiro atoms. The van der Waals surface area contributed by atoms with Crippen molar-refractivity contribution in [2.24, 2.45) is 5.92 Å². The Morgan fingerprint density at radius 1 is 1.16 bits per heavy atom. The first kappa shape index (κ1) is 15.5. The van der Waals surface area contributed by atoms with Crippen LogP contribution >= 0.6 is 0 Å². The summed E-state index contributed by atoms with van der Waals surface area (Å²) in [4.78, 5) is 11.6. The summed E-state index contributed by atoms with van der Waals surface area (Å²) < 4.78 is 38.6. The van der Waals surface area contributed by atoms with Gasteiger partial charge in [0.15, 0.2) is 17.5 Å². The predicted octanol–water partition coefficient (Wildman–Crippen LogP) is 3.66. The summed E-state index contributed by atoms with van der Waals surface area (Å²) in [5, 5.41) is 2.55. The number of rotatable bonds is 6. The van der Waals surface area contributed by atoms with Gasteiger partial charge in [-0.25, -0.2) is 13.2 Å². The normalized spacial score (nSPS) is 10.8. The van der Waals surface area contributed by atoms with E-state index in [2.05, 4.69) is 19.2 Å². The topological polar surface area (TPSA) is 29.1 Å². The Hall–Kier alpha value is -1.52. The minimum atomic E-state index is -1.56. The minimum absolute atomic E-state index is 0.208. The van der Waals surface area contributed by atoms with Crippen molar-refractivity contribution in [3.63, 3.8) is 0 Å². The van der Waals surface area contributed by atoms with Crippen LogP contribution in [0.1, 0.15) is 43.5 Å². The molecule has 1 aromatic rings. The molecule has 0 fully saturated rings. The lowest BCUT2D eigenvalue weighted by Crippen LogP contribution is -2.25. The molecule has 0 aliphatic carbocycles. The second-order valence-electron chi connectivity index (χ2n) is 4.90. The van der Waals surface area contributed by atoms with Gasteiger partial charge in [-0.2, -0.15) is 0 Å². The van der Waals surface area contributed by atoms with Crippen LogP contribution in [0.15, 0.2) is 12.1 Å². The Morgan fingerprint density at radius 2 is 1.74 bits per heavy atom. The van der Waals surface area contributed by atoms with Crippen molar-refractivity contribution in [3.8, 4) is 0 Å². The van der Waals surface area contributed by atoms with Crippen molar-refractivity contribution in [2.75, 3.05) is 6.54 Å². The fourth-order valence-corrected chi connectivity index (χ4v) is 1.67. The van der Waals surface area contributed by atoms with E-state index in [1.165, 1.54) is 0 Å². The molecule has 5 heteroatoms. The van der Waals surface area contributed by atoms with Gasteiger partial charge in [0.25, 0.3) is 5.91 Å². The molecule has 0 atom stereocenters. The van der Waals surface area contributed by atoms with E-state index < -0.39 is 23.4 Å². The van der Waals surface area contributed by atoms with Crippen molar-refractivity contribution < 1.29 is 18.0 Å². The number of hydrogen-bond acceptors (Lipinski definition) is 1. The quantitative estimate of drug-likeness (QED) is 0.622. The van der Waals surface area contributed by atoms with Crippen molar-refractivity contribution in [2.45, 2.75) is 33.1 Å². The third-order valence-corrected chi connectivity index (χ3v) is 2.74. The fraction of sp³-hybridized carbons (Fsp3) is 0.500. The highest BCUT2D eigenvalue weighted by molar-refractivity contribution is 5.94. The molecule has 19 heavy (non-hydrogen) atoms. The second kappa shape index (κ2) is 7.16. The van der Waals surface area contributed by atoms with Crippen LogP contribution < -0.4 is 5.32 Å². The molecule has 2 nitrogen and oxygen atoms in total. The van der Waals surface area contributed by atoms with Crippen molar-refractivity contribution in [1.29, 1.82) is 0 Å². The van der Waals surface area contributed by atoms with Gasteiger partial charge in [-0.1, -0.05) is 26.7 Å². The SMILES string of the molecule is CC(C)CCCCNC(=O)c1cc(F)c(F)c(F)c1. The molecule has 0 saturated heterocycles. The summed E-state index contributed by atoms with van der Waals surface area (Å²) in [5.41, 5.74) is -0.208. The first-order valence-electron chi connectivity index (χ1n) is 6.34. The Balaban J connectivity index is 2.46. The first-order chi connectivity index (χ1) is 8.91. The Morgan fingerprint density at radius 3 is 2.26 bits per heavy atom. The number of unbranched alkanes of at least 4 members (excludes halogenated alkanes) is 1. The number of carbonyl (C=O) groups excluding carboxylic acids is 1. The van der Waals surface area contributed by atoms with Gasteiger partial charge < -0.3 is 5.32 Å². The highest BCUT2D eigenvalue weighted by atomic mass is 19.2. The average Bonchev–Trinajstić information content (AvgIpc) is 2.34. The molecule has 106 valence electrons. The number of carbonyl (C=O) groups is 1. The lowest BCUT2D eigenvalue weighted by Gasteiger charge is -2.07. The van der Waals surface area contributed by atoms with Gasteiger partial charge in [0.2, 0.25) is 0 Å². The smallest absolute Gasteiger partial charge is 0.251 e. The molecule has 1 aromatic carbocycles. The molecule has 0 bridgehead atoms. The molecule has 1 N–H and O–H groups in total. The summed E-state index contributed by atoms with van der Waals surface area (Å²) in [6.45, 7) is 4.66. The summed E-state index contributed by atoms with van der Waals surface area (Å²) in [6, 6.07) is 1.39. The second-order valence-corrected chi connectivity index (χ2v) is 4.90. The maximum absolute atomic E-state index is 12.9. The number of nitrogens with one attached hydrogen (secondary N) is 1. The Labute approximate surface area is 111 Å². The van der Waals surface area contributed by atoms with E-state index in [1.54, 1.807) is 0 Å². The monoisotopic (exact) mass is 273 g/mol. The molecule has 1 amide bonds. The lowest BCUT2D eigenvalue weighted by molar-refractivity contribution is 0.0951. The van der Waals surface area contributed by atoms with E-state index in [-0.39, 0.29) is 5.56 Å². The summed E-state index contributed by atoms with van der Waals surface area (Å²) >= 11 is 0. The maximum Gasteiger partial charge on any atom is 0.251 e. The van der Waals surface area contributed by atoms with Crippen LogP contribution in [0, 0.1) is 23.4 Å². The first-order valence-corrected chi connectivity index (χ1v) is 6.34. The minimum Gasteiger partial charge on any atom is -0.352 e. The molecule has 0 aromatic heterocycles. The van der Waals surface area contributed by atoms with E-state index in [0.717, 1.165) is 19.3 Å². The van der Waals surface area contributed by atoms with Gasteiger partial charge in [0, 0.05) is 12.1 Å². The van der Waals surface area contributed by atoms with E-state index in [1.807, 2.05) is 0 Å². The van der Waals surface area contributed by atoms with E-state index in [9.17, 15) is 18.0 Å². The zero-order valence-electron chi connectivity index (χ0n) is 11.1. The molecular weight excluding hydrogens is 255 g/mol. The van der Waals surface area contributed by atoms with Gasteiger partial charge in [0.1, 0.15) is 0 Å². The predicted molar refractivity (Wildman–Crippen MR) is 67.3 cm³/mol. The van der Waals surface area contributed by atoms with E-state index in [0.29, 0.717) is 24.6 Å². The van der Waals surface area contributed by atoms with Crippen LogP contribution in [0.25, 0.3) is 0 Å². The van der Waals surface area contributed by atoms with Crippen LogP contribution in [0.4, 0.5) is 13.2 Å². The molecule has 0 aliphatic heterocycles. The molecular formula is C14H18F3NO. The van der Waals surface area contributed by atoms with Gasteiger partial charge in [-0.3, -0.25) is 4.79 Å². The molecule has 0 aliphatic rings. The average molecular weight is 273 g/mol. The third-order valence-electron chi connectivity index (χ3n) is 2.74. The van der Waals surface area contributed by atoms with Crippen LogP contribution in [0.5, 0.6) is 0 Å². The highest BCUT2D eigenvalue weighted by Crippen LogP contribution is 2.13. The largest absolute Gasteiger partial charge is 0.352 e. The number of amides is 1. The molecule has 0 heterocycles. The maximum atomic E-state index is 12.9. The number of benzene rings is 1. The Bertz CT molecular complexity index is 423. The summed E-state index contributed by atoms with van der Waals surface area (Å²) in [5.74, 6) is -4.26. The van der Waals surface area contributed by atoms with Crippen molar-refractivity contribution in [1.82, 2.24) is 5.32 Å². The van der Waals surface area contributed by atoms with Crippen molar-refractivity contribution in [3.05, 3.63) is 35.1 Å². The van der Waals surface area contributed by atoms with Gasteiger partial charge in [-0.15, -0.1) is 0 Å².